The third kappa shape index (κ3) is 4.57. The molecule has 1 heterocycles. The first-order valence-electron chi connectivity index (χ1n) is 9.63. The Kier molecular flexibility index (Phi) is 5.24. The molecular weight excluding hydrogens is 418 g/mol. The first kappa shape index (κ1) is 21.0. The van der Waals surface area contributed by atoms with Gasteiger partial charge in [0.2, 0.25) is 5.91 Å². The van der Waals surface area contributed by atoms with Crippen molar-refractivity contribution in [2.24, 2.45) is 5.92 Å². The Labute approximate surface area is 175 Å². The Balaban J connectivity index is 1.70. The third-order valence-electron chi connectivity index (χ3n) is 5.23. The van der Waals surface area contributed by atoms with E-state index in [4.69, 9.17) is 0 Å². The number of halogens is 4. The second kappa shape index (κ2) is 7.75. The molecule has 0 radical (unpaired) electrons. The Hall–Kier alpha value is -3.30. The van der Waals surface area contributed by atoms with Crippen LogP contribution in [-0.4, -0.2) is 37.8 Å². The lowest BCUT2D eigenvalue weighted by Gasteiger charge is -2.27. The highest BCUT2D eigenvalue weighted by Gasteiger charge is 2.37. The molecule has 0 spiro atoms. The van der Waals surface area contributed by atoms with E-state index >= 15 is 0 Å². The maximum absolute atomic E-state index is 13.9. The lowest BCUT2D eigenvalue weighted by Crippen LogP contribution is -2.51. The molecule has 0 bridgehead atoms. The number of fused-ring (bicyclic) bond motifs is 1. The summed E-state index contributed by atoms with van der Waals surface area (Å²) in [6.07, 6.45) is -3.29. The zero-order valence-corrected chi connectivity index (χ0v) is 16.4. The van der Waals surface area contributed by atoms with Crippen molar-refractivity contribution in [2.45, 2.75) is 25.2 Å². The van der Waals surface area contributed by atoms with Gasteiger partial charge in [0.1, 0.15) is 17.6 Å². The van der Waals surface area contributed by atoms with Crippen molar-refractivity contribution in [3.63, 3.8) is 0 Å². The fourth-order valence-corrected chi connectivity index (χ4v) is 3.52. The number of ether oxygens (including phenoxy) is 1. The van der Waals surface area contributed by atoms with Crippen molar-refractivity contribution in [3.05, 3.63) is 48.3 Å². The van der Waals surface area contributed by atoms with Crippen molar-refractivity contribution in [1.29, 1.82) is 0 Å². The number of nitrogens with zero attached hydrogens (tertiary/aromatic N) is 2. The summed E-state index contributed by atoms with van der Waals surface area (Å²) in [5.41, 5.74) is 1.21. The van der Waals surface area contributed by atoms with Gasteiger partial charge in [0.25, 0.3) is 5.91 Å². The maximum atomic E-state index is 13.9. The average Bonchev–Trinajstić information content (AvgIpc) is 3.55. The molecule has 0 aromatic heterocycles. The van der Waals surface area contributed by atoms with Gasteiger partial charge in [-0.2, -0.15) is 0 Å². The van der Waals surface area contributed by atoms with Gasteiger partial charge in [-0.05, 0) is 55.3 Å². The highest BCUT2D eigenvalue weighted by Crippen LogP contribution is 2.38. The number of amides is 2. The van der Waals surface area contributed by atoms with Crippen molar-refractivity contribution >= 4 is 28.9 Å². The number of rotatable bonds is 4. The highest BCUT2D eigenvalue weighted by atomic mass is 19.4. The number of benzene rings is 2. The molecule has 1 aliphatic carbocycles. The van der Waals surface area contributed by atoms with Gasteiger partial charge >= 0.3 is 6.36 Å². The number of hydrogen-bond donors (Lipinski definition) is 1. The highest BCUT2D eigenvalue weighted by molar-refractivity contribution is 6.04. The molecule has 2 aromatic rings. The minimum Gasteiger partial charge on any atom is -0.406 e. The van der Waals surface area contributed by atoms with Crippen LogP contribution in [0, 0.1) is 11.7 Å². The Bertz CT molecular complexity index is 1010. The number of hydrogen-bond acceptors (Lipinski definition) is 4. The van der Waals surface area contributed by atoms with Crippen LogP contribution in [-0.2, 0) is 9.59 Å². The van der Waals surface area contributed by atoms with Gasteiger partial charge in [0, 0.05) is 18.7 Å². The SMILES string of the molecule is CN1C(=O)[C@H](NC(=O)C2CC2)CN(c2ccc(OC(F)(F)F)cc2)c2ccc(F)cc21. The summed E-state index contributed by atoms with van der Waals surface area (Å²) in [5.74, 6) is -1.70. The lowest BCUT2D eigenvalue weighted by atomic mass is 10.2. The van der Waals surface area contributed by atoms with Gasteiger partial charge in [0.15, 0.2) is 0 Å². The molecule has 0 unspecified atom stereocenters. The van der Waals surface area contributed by atoms with Crippen LogP contribution in [0.4, 0.5) is 34.6 Å². The van der Waals surface area contributed by atoms with E-state index in [0.717, 1.165) is 25.0 Å². The van der Waals surface area contributed by atoms with Gasteiger partial charge in [0.05, 0.1) is 17.9 Å². The van der Waals surface area contributed by atoms with Crippen molar-refractivity contribution in [3.8, 4) is 5.75 Å². The number of anilines is 3. The Morgan fingerprint density at radius 2 is 1.77 bits per heavy atom. The summed E-state index contributed by atoms with van der Waals surface area (Å²) in [4.78, 5) is 28.2. The Morgan fingerprint density at radius 3 is 2.39 bits per heavy atom. The van der Waals surface area contributed by atoms with Gasteiger partial charge in [-0.1, -0.05) is 0 Å². The van der Waals surface area contributed by atoms with Crippen LogP contribution in [0.5, 0.6) is 5.75 Å². The van der Waals surface area contributed by atoms with Crippen LogP contribution in [0.1, 0.15) is 12.8 Å². The number of carbonyl (C=O) groups excluding carboxylic acids is 2. The van der Waals surface area contributed by atoms with E-state index in [1.165, 1.54) is 42.3 Å². The number of alkyl halides is 3. The summed E-state index contributed by atoms with van der Waals surface area (Å²) in [7, 11) is 1.49. The fraction of sp³-hybridized carbons (Fsp3) is 0.333. The summed E-state index contributed by atoms with van der Waals surface area (Å²) in [5, 5.41) is 2.75. The largest absolute Gasteiger partial charge is 0.573 e. The number of likely N-dealkylation sites (N-methyl/N-ethyl adjacent to an activating group) is 1. The van der Waals surface area contributed by atoms with E-state index in [9.17, 15) is 27.2 Å². The van der Waals surface area contributed by atoms with E-state index < -0.39 is 29.9 Å². The molecule has 164 valence electrons. The zero-order valence-electron chi connectivity index (χ0n) is 16.4. The molecule has 1 N–H and O–H groups in total. The first-order valence-corrected chi connectivity index (χ1v) is 9.63. The second-order valence-corrected chi connectivity index (χ2v) is 7.52. The molecule has 10 heteroatoms. The zero-order chi connectivity index (χ0) is 22.3. The summed E-state index contributed by atoms with van der Waals surface area (Å²) < 4.78 is 55.2. The lowest BCUT2D eigenvalue weighted by molar-refractivity contribution is -0.274. The van der Waals surface area contributed by atoms with E-state index in [2.05, 4.69) is 10.1 Å². The van der Waals surface area contributed by atoms with E-state index in [1.54, 1.807) is 4.90 Å². The van der Waals surface area contributed by atoms with Crippen LogP contribution in [0.2, 0.25) is 0 Å². The molecule has 2 amide bonds. The Morgan fingerprint density at radius 1 is 1.10 bits per heavy atom. The quantitative estimate of drug-likeness (QED) is 0.741. The predicted molar refractivity (Wildman–Crippen MR) is 105 cm³/mol. The predicted octanol–water partition coefficient (Wildman–Crippen LogP) is 3.73. The fourth-order valence-electron chi connectivity index (χ4n) is 3.52. The minimum atomic E-state index is -4.82. The number of carbonyl (C=O) groups is 2. The first-order chi connectivity index (χ1) is 14.6. The van der Waals surface area contributed by atoms with Crippen LogP contribution >= 0.6 is 0 Å². The smallest absolute Gasteiger partial charge is 0.406 e. The van der Waals surface area contributed by atoms with Crippen LogP contribution < -0.4 is 19.9 Å². The van der Waals surface area contributed by atoms with Crippen molar-refractivity contribution in [1.82, 2.24) is 5.32 Å². The molecule has 1 fully saturated rings. The molecular formula is C21H19F4N3O3. The van der Waals surface area contributed by atoms with Gasteiger partial charge in [-0.3, -0.25) is 9.59 Å². The van der Waals surface area contributed by atoms with Crippen LogP contribution in [0.25, 0.3) is 0 Å². The molecule has 0 saturated heterocycles. The van der Waals surface area contributed by atoms with E-state index in [1.807, 2.05) is 0 Å². The molecule has 1 atom stereocenters. The minimum absolute atomic E-state index is 0.0275. The van der Waals surface area contributed by atoms with E-state index in [0.29, 0.717) is 11.4 Å². The van der Waals surface area contributed by atoms with Crippen molar-refractivity contribution in [2.75, 3.05) is 23.4 Å². The standard InChI is InChI=1S/C21H19F4N3O3/c1-27-18-10-13(22)4-9-17(18)28(11-16(20(27)30)26-19(29)12-2-3-12)14-5-7-15(8-6-14)31-21(23,24)25/h4-10,12,16H,2-3,11H2,1H3,(H,26,29)/t16-/m1/s1. The van der Waals surface area contributed by atoms with Crippen LogP contribution in [0.15, 0.2) is 42.5 Å². The molecule has 1 saturated carbocycles. The van der Waals surface area contributed by atoms with Gasteiger partial charge < -0.3 is 19.9 Å². The molecule has 6 nitrogen and oxygen atoms in total. The monoisotopic (exact) mass is 437 g/mol. The van der Waals surface area contributed by atoms with Gasteiger partial charge in [-0.25, -0.2) is 4.39 Å². The van der Waals surface area contributed by atoms with Crippen LogP contribution in [0.3, 0.4) is 0 Å². The molecule has 31 heavy (non-hydrogen) atoms. The second-order valence-electron chi connectivity index (χ2n) is 7.52. The van der Waals surface area contributed by atoms with E-state index in [-0.39, 0.29) is 24.1 Å². The van der Waals surface area contributed by atoms with Crippen molar-refractivity contribution < 1.29 is 31.9 Å². The average molecular weight is 437 g/mol. The molecule has 2 aromatic carbocycles. The topological polar surface area (TPSA) is 61.9 Å². The maximum Gasteiger partial charge on any atom is 0.573 e. The normalized spacial score (nSPS) is 19.0. The molecule has 1 aliphatic heterocycles. The van der Waals surface area contributed by atoms with Gasteiger partial charge in [-0.15, -0.1) is 13.2 Å². The summed E-state index contributed by atoms with van der Waals surface area (Å²) in [6, 6.07) is 8.12. The number of nitrogens with one attached hydrogen (secondary N) is 1. The summed E-state index contributed by atoms with van der Waals surface area (Å²) in [6.45, 7) is 0.0275. The molecule has 2 aliphatic rings. The molecule has 4 rings (SSSR count). The third-order valence-corrected chi connectivity index (χ3v) is 5.23. The summed E-state index contributed by atoms with van der Waals surface area (Å²) >= 11 is 0.